The van der Waals surface area contributed by atoms with Gasteiger partial charge in [0.2, 0.25) is 0 Å². The van der Waals surface area contributed by atoms with Gasteiger partial charge in [-0.05, 0) is 12.5 Å². The molecule has 0 saturated carbocycles. The molecule has 0 radical (unpaired) electrons. The predicted octanol–water partition coefficient (Wildman–Crippen LogP) is -1.51. The Bertz CT molecular complexity index is 77.3. The van der Waals surface area contributed by atoms with Gasteiger partial charge in [0.25, 0.3) is 0 Å². The van der Waals surface area contributed by atoms with Crippen LogP contribution in [0.1, 0.15) is 6.92 Å². The zero-order valence-corrected chi connectivity index (χ0v) is 5.27. The van der Waals surface area contributed by atoms with E-state index in [1.165, 1.54) is 6.92 Å². The van der Waals surface area contributed by atoms with Gasteiger partial charge in [-0.15, -0.1) is 0 Å². The fourth-order valence-electron chi connectivity index (χ4n) is 0. The minimum atomic E-state index is -1.19. The quantitative estimate of drug-likeness (QED) is 0.351. The summed E-state index contributed by atoms with van der Waals surface area (Å²) in [7, 11) is 0. The number of hydrogen-bond donors (Lipinski definition) is 0. The molecule has 0 aromatic heterocycles. The minimum absolute atomic E-state index is 0. The third-order valence-corrected chi connectivity index (χ3v) is 0.348. The van der Waals surface area contributed by atoms with Crippen molar-refractivity contribution in [1.29, 1.82) is 0 Å². The third kappa shape index (κ3) is 9.19. The SMILES string of the molecule is C=C(C)C(=O)[O-].O.[Cu+]. The van der Waals surface area contributed by atoms with Crippen molar-refractivity contribution in [3.63, 3.8) is 0 Å². The van der Waals surface area contributed by atoms with Gasteiger partial charge in [-0.25, -0.2) is 0 Å². The first-order chi connectivity index (χ1) is 2.64. The second-order valence-corrected chi connectivity index (χ2v) is 1.07. The Morgan fingerprint density at radius 2 is 1.75 bits per heavy atom. The Morgan fingerprint density at radius 1 is 1.62 bits per heavy atom. The van der Waals surface area contributed by atoms with E-state index in [1.807, 2.05) is 0 Å². The molecule has 0 aliphatic heterocycles. The second-order valence-electron chi connectivity index (χ2n) is 1.07. The molecule has 0 saturated heterocycles. The van der Waals surface area contributed by atoms with Gasteiger partial charge in [-0.2, -0.15) is 0 Å². The maximum absolute atomic E-state index is 9.49. The van der Waals surface area contributed by atoms with Gasteiger partial charge in [0.1, 0.15) is 0 Å². The van der Waals surface area contributed by atoms with Crippen LogP contribution >= 0.6 is 0 Å². The van der Waals surface area contributed by atoms with Crippen molar-refractivity contribution in [2.24, 2.45) is 0 Å². The van der Waals surface area contributed by atoms with Crippen molar-refractivity contribution in [3.8, 4) is 0 Å². The second kappa shape index (κ2) is 6.69. The monoisotopic (exact) mass is 166 g/mol. The fraction of sp³-hybridized carbons (Fsp3) is 0.250. The minimum Gasteiger partial charge on any atom is -0.545 e. The maximum atomic E-state index is 9.49. The molecule has 2 N–H and O–H groups in total. The van der Waals surface area contributed by atoms with Gasteiger partial charge >= 0.3 is 17.1 Å². The van der Waals surface area contributed by atoms with Crippen molar-refractivity contribution >= 4 is 5.97 Å². The number of carbonyl (C=O) groups excluding carboxylic acids is 1. The van der Waals surface area contributed by atoms with Crippen LogP contribution in [0.5, 0.6) is 0 Å². The van der Waals surface area contributed by atoms with Crippen LogP contribution in [-0.2, 0) is 21.9 Å². The van der Waals surface area contributed by atoms with E-state index >= 15 is 0 Å². The molecule has 0 aliphatic carbocycles. The predicted molar refractivity (Wildman–Crippen MR) is 23.4 cm³/mol. The van der Waals surface area contributed by atoms with Crippen LogP contribution in [-0.4, -0.2) is 11.4 Å². The Hall–Kier alpha value is -0.311. The fourth-order valence-corrected chi connectivity index (χ4v) is 0. The van der Waals surface area contributed by atoms with E-state index < -0.39 is 5.97 Å². The average molecular weight is 167 g/mol. The Labute approximate surface area is 58.2 Å². The van der Waals surface area contributed by atoms with Gasteiger partial charge in [0, 0.05) is 0 Å². The Morgan fingerprint density at radius 3 is 1.75 bits per heavy atom. The first-order valence-electron chi connectivity index (χ1n) is 1.51. The van der Waals surface area contributed by atoms with E-state index in [4.69, 9.17) is 0 Å². The molecule has 0 rings (SSSR count). The first kappa shape index (κ1) is 15.6. The molecular weight excluding hydrogens is 160 g/mol. The molecule has 0 heterocycles. The van der Waals surface area contributed by atoms with Crippen LogP contribution in [0.2, 0.25) is 0 Å². The molecule has 0 fully saturated rings. The number of aliphatic carboxylic acids is 1. The molecule has 52 valence electrons. The molecule has 0 aromatic rings. The maximum Gasteiger partial charge on any atom is 1.00 e. The van der Waals surface area contributed by atoms with Crippen LogP contribution in [0.15, 0.2) is 12.2 Å². The van der Waals surface area contributed by atoms with Gasteiger partial charge < -0.3 is 15.4 Å². The summed E-state index contributed by atoms with van der Waals surface area (Å²) in [6, 6.07) is 0. The molecule has 0 atom stereocenters. The number of rotatable bonds is 1. The molecule has 0 bridgehead atoms. The molecular formula is C4H7CuO3. The summed E-state index contributed by atoms with van der Waals surface area (Å²) in [6.07, 6.45) is 0. The van der Waals surface area contributed by atoms with E-state index in [0.29, 0.717) is 0 Å². The van der Waals surface area contributed by atoms with Crippen molar-refractivity contribution in [2.75, 3.05) is 0 Å². The van der Waals surface area contributed by atoms with Crippen LogP contribution < -0.4 is 5.11 Å². The standard InChI is InChI=1S/C4H6O2.Cu.H2O/c1-3(2)4(5)6;;/h1H2,2H3,(H,5,6);;1H2/q;+1;/p-1. The van der Waals surface area contributed by atoms with E-state index in [2.05, 4.69) is 6.58 Å². The summed E-state index contributed by atoms with van der Waals surface area (Å²) in [5, 5.41) is 9.49. The van der Waals surface area contributed by atoms with Crippen molar-refractivity contribution in [1.82, 2.24) is 0 Å². The smallest absolute Gasteiger partial charge is 0.545 e. The molecule has 0 aromatic carbocycles. The zero-order chi connectivity index (χ0) is 5.15. The number of carboxylic acid groups (broad SMARTS) is 1. The summed E-state index contributed by atoms with van der Waals surface area (Å²) >= 11 is 0. The molecule has 4 heteroatoms. The van der Waals surface area contributed by atoms with E-state index in [1.54, 1.807) is 0 Å². The Balaban J connectivity index is -0.000000125. The molecule has 3 nitrogen and oxygen atoms in total. The summed E-state index contributed by atoms with van der Waals surface area (Å²) < 4.78 is 0. The number of hydrogen-bond acceptors (Lipinski definition) is 2. The van der Waals surface area contributed by atoms with Gasteiger partial charge in [-0.1, -0.05) is 6.58 Å². The third-order valence-electron chi connectivity index (χ3n) is 0.348. The summed E-state index contributed by atoms with van der Waals surface area (Å²) in [5.74, 6) is -1.19. The number of carboxylic acids is 1. The average Bonchev–Trinajstić information content (AvgIpc) is 1.36. The van der Waals surface area contributed by atoms with Crippen LogP contribution in [0.4, 0.5) is 0 Å². The summed E-state index contributed by atoms with van der Waals surface area (Å²) in [5.41, 5.74) is 0.0648. The van der Waals surface area contributed by atoms with Crippen molar-refractivity contribution < 1.29 is 32.4 Å². The molecule has 0 amide bonds. The molecule has 0 aliphatic rings. The van der Waals surface area contributed by atoms with E-state index in [0.717, 1.165) is 0 Å². The molecule has 0 unspecified atom stereocenters. The van der Waals surface area contributed by atoms with Gasteiger partial charge in [-0.3, -0.25) is 0 Å². The van der Waals surface area contributed by atoms with Crippen LogP contribution in [0.25, 0.3) is 0 Å². The van der Waals surface area contributed by atoms with Crippen molar-refractivity contribution in [2.45, 2.75) is 6.92 Å². The largest absolute Gasteiger partial charge is 1.00 e. The number of carbonyl (C=O) groups is 1. The topological polar surface area (TPSA) is 71.6 Å². The molecule has 8 heavy (non-hydrogen) atoms. The molecule has 0 spiro atoms. The first-order valence-corrected chi connectivity index (χ1v) is 1.51. The van der Waals surface area contributed by atoms with Gasteiger partial charge in [0.15, 0.2) is 0 Å². The Kier molecular flexibility index (Phi) is 13.1. The zero-order valence-electron chi connectivity index (χ0n) is 4.33. The summed E-state index contributed by atoms with van der Waals surface area (Å²) in [6.45, 7) is 4.48. The normalized spacial score (nSPS) is 5.62. The summed E-state index contributed by atoms with van der Waals surface area (Å²) in [4.78, 5) is 9.49. The van der Waals surface area contributed by atoms with Crippen LogP contribution in [0, 0.1) is 0 Å². The van der Waals surface area contributed by atoms with Gasteiger partial charge in [0.05, 0.1) is 5.97 Å². The van der Waals surface area contributed by atoms with E-state index in [9.17, 15) is 9.90 Å². The van der Waals surface area contributed by atoms with Crippen molar-refractivity contribution in [3.05, 3.63) is 12.2 Å². The van der Waals surface area contributed by atoms with Crippen LogP contribution in [0.3, 0.4) is 0 Å². The van der Waals surface area contributed by atoms with E-state index in [-0.39, 0.29) is 28.1 Å².